The molecule has 1 aliphatic heterocycles. The maximum atomic E-state index is 13.3. The molecule has 1 saturated heterocycles. The van der Waals surface area contributed by atoms with Crippen LogP contribution in [0.3, 0.4) is 0 Å². The van der Waals surface area contributed by atoms with Gasteiger partial charge in [0.05, 0.1) is 18.8 Å². The fourth-order valence-electron chi connectivity index (χ4n) is 4.88. The third-order valence-corrected chi connectivity index (χ3v) is 9.97. The third-order valence-electron chi connectivity index (χ3n) is 6.85. The van der Waals surface area contributed by atoms with Crippen molar-refractivity contribution in [2.24, 2.45) is 5.92 Å². The first-order valence-electron chi connectivity index (χ1n) is 12.5. The number of nitrogens with one attached hydrogen (secondary N) is 2. The molecule has 2 fully saturated rings. The summed E-state index contributed by atoms with van der Waals surface area (Å²) in [6.07, 6.45) is 8.42. The summed E-state index contributed by atoms with van der Waals surface area (Å²) in [4.78, 5) is 30.3. The molecule has 2 aromatic rings. The van der Waals surface area contributed by atoms with Crippen LogP contribution in [0.1, 0.15) is 51.4 Å². The highest BCUT2D eigenvalue weighted by molar-refractivity contribution is 7.89. The van der Waals surface area contributed by atoms with Crippen LogP contribution in [0, 0.1) is 5.92 Å². The zero-order valence-electron chi connectivity index (χ0n) is 20.4. The number of ketones is 1. The summed E-state index contributed by atoms with van der Waals surface area (Å²) in [5.74, 6) is -0.900. The predicted molar refractivity (Wildman–Crippen MR) is 133 cm³/mol. The van der Waals surface area contributed by atoms with Crippen molar-refractivity contribution >= 4 is 31.7 Å². The molecule has 0 radical (unpaired) electrons. The Kier molecular flexibility index (Phi) is 8.78. The first-order valence-corrected chi connectivity index (χ1v) is 15.4. The summed E-state index contributed by atoms with van der Waals surface area (Å²) in [6, 6.07) is 5.23. The van der Waals surface area contributed by atoms with Crippen LogP contribution in [0.4, 0.5) is 0 Å². The molecule has 37 heavy (non-hydrogen) atoms. The summed E-state index contributed by atoms with van der Waals surface area (Å²) in [7, 11) is -8.06. The maximum Gasteiger partial charge on any atom is 0.274 e. The van der Waals surface area contributed by atoms with Crippen molar-refractivity contribution < 1.29 is 30.8 Å². The standard InChI is InChI=1S/C24H32N4O7S2/c29-21-17-28(37(33,34)22-11-4-5-13-25-22)14-6-10-19(21)26-24(30)20(16-18-8-2-1-3-9-18)27-36(31,32)23-12-7-15-35-23/h4-5,7,11-13,15,18-20,27H,1-3,6,8-10,14,16-17H2,(H,26,30). The molecule has 0 aromatic carbocycles. The number of rotatable bonds is 9. The van der Waals surface area contributed by atoms with Crippen LogP contribution >= 0.6 is 0 Å². The van der Waals surface area contributed by atoms with E-state index in [0.29, 0.717) is 12.8 Å². The minimum absolute atomic E-state index is 0.105. The van der Waals surface area contributed by atoms with E-state index in [4.69, 9.17) is 4.42 Å². The Morgan fingerprint density at radius 1 is 1.05 bits per heavy atom. The van der Waals surface area contributed by atoms with Crippen LogP contribution in [0.25, 0.3) is 0 Å². The zero-order chi connectivity index (χ0) is 26.5. The van der Waals surface area contributed by atoms with Crippen molar-refractivity contribution in [1.29, 1.82) is 0 Å². The molecule has 1 amide bonds. The van der Waals surface area contributed by atoms with E-state index in [1.165, 1.54) is 30.7 Å². The van der Waals surface area contributed by atoms with Crippen molar-refractivity contribution in [3.63, 3.8) is 0 Å². The molecule has 13 heteroatoms. The van der Waals surface area contributed by atoms with Crippen molar-refractivity contribution in [1.82, 2.24) is 19.3 Å². The Morgan fingerprint density at radius 3 is 2.51 bits per heavy atom. The van der Waals surface area contributed by atoms with E-state index in [1.807, 2.05) is 0 Å². The predicted octanol–water partition coefficient (Wildman–Crippen LogP) is 1.83. The minimum Gasteiger partial charge on any atom is -0.452 e. The largest absolute Gasteiger partial charge is 0.452 e. The van der Waals surface area contributed by atoms with Gasteiger partial charge in [0.1, 0.15) is 6.04 Å². The molecule has 2 aromatic heterocycles. The van der Waals surface area contributed by atoms with Gasteiger partial charge in [0.25, 0.3) is 20.0 Å². The van der Waals surface area contributed by atoms with E-state index in [2.05, 4.69) is 15.0 Å². The highest BCUT2D eigenvalue weighted by atomic mass is 32.2. The molecule has 1 aliphatic carbocycles. The normalized spacial score (nSPS) is 21.3. The van der Waals surface area contributed by atoms with Gasteiger partial charge in [-0.2, -0.15) is 9.03 Å². The number of amides is 1. The average Bonchev–Trinajstić information content (AvgIpc) is 3.38. The number of hydrogen-bond donors (Lipinski definition) is 2. The van der Waals surface area contributed by atoms with Crippen LogP contribution in [0.2, 0.25) is 0 Å². The Hall–Kier alpha value is -2.61. The number of carbonyl (C=O) groups is 2. The summed E-state index contributed by atoms with van der Waals surface area (Å²) in [6.45, 7) is -0.303. The van der Waals surface area contributed by atoms with E-state index >= 15 is 0 Å². The SMILES string of the molecule is O=C1CN(S(=O)(=O)c2ccccn2)CCCC1NC(=O)C(CC1CCCCC1)NS(=O)(=O)c1ccco1. The second-order valence-electron chi connectivity index (χ2n) is 9.52. The number of carbonyl (C=O) groups excluding carboxylic acids is 2. The molecule has 4 rings (SSSR count). The molecule has 0 bridgehead atoms. The molecule has 2 unspecified atom stereocenters. The van der Waals surface area contributed by atoms with Gasteiger partial charge in [-0.15, -0.1) is 0 Å². The second kappa shape index (κ2) is 11.8. The van der Waals surface area contributed by atoms with Gasteiger partial charge in [-0.25, -0.2) is 21.8 Å². The molecule has 2 atom stereocenters. The van der Waals surface area contributed by atoms with Gasteiger partial charge < -0.3 is 9.73 Å². The second-order valence-corrected chi connectivity index (χ2v) is 13.1. The summed E-state index contributed by atoms with van der Waals surface area (Å²) in [5, 5.41) is 2.25. The number of nitrogens with zero attached hydrogens (tertiary/aromatic N) is 2. The van der Waals surface area contributed by atoms with E-state index in [0.717, 1.165) is 36.4 Å². The Labute approximate surface area is 217 Å². The lowest BCUT2D eigenvalue weighted by Gasteiger charge is -2.27. The van der Waals surface area contributed by atoms with E-state index in [1.54, 1.807) is 12.1 Å². The molecular weight excluding hydrogens is 520 g/mol. The highest BCUT2D eigenvalue weighted by Crippen LogP contribution is 2.28. The molecule has 0 spiro atoms. The number of furan rings is 1. The van der Waals surface area contributed by atoms with Crippen molar-refractivity contribution in [3.05, 3.63) is 42.8 Å². The van der Waals surface area contributed by atoms with Crippen LogP contribution in [0.15, 0.2) is 57.3 Å². The van der Waals surface area contributed by atoms with Crippen molar-refractivity contribution in [3.8, 4) is 0 Å². The monoisotopic (exact) mass is 552 g/mol. The number of pyridine rings is 1. The summed E-state index contributed by atoms with van der Waals surface area (Å²) in [5.41, 5.74) is 0. The first kappa shape index (κ1) is 27.4. The molecule has 3 heterocycles. The van der Waals surface area contributed by atoms with Crippen LogP contribution in [0.5, 0.6) is 0 Å². The average molecular weight is 553 g/mol. The number of aromatic nitrogens is 1. The number of hydrogen-bond acceptors (Lipinski definition) is 8. The maximum absolute atomic E-state index is 13.3. The lowest BCUT2D eigenvalue weighted by atomic mass is 9.85. The van der Waals surface area contributed by atoms with E-state index < -0.39 is 50.4 Å². The van der Waals surface area contributed by atoms with Gasteiger partial charge >= 0.3 is 0 Å². The zero-order valence-corrected chi connectivity index (χ0v) is 22.0. The lowest BCUT2D eigenvalue weighted by molar-refractivity contribution is -0.128. The number of sulfonamides is 2. The smallest absolute Gasteiger partial charge is 0.274 e. The number of Topliss-reactive ketones (excluding diaryl/α,β-unsaturated/α-hetero) is 1. The highest BCUT2D eigenvalue weighted by Gasteiger charge is 2.36. The molecule has 11 nitrogen and oxygen atoms in total. The Balaban J connectivity index is 1.47. The van der Waals surface area contributed by atoms with E-state index in [-0.39, 0.29) is 29.0 Å². The molecule has 2 aliphatic rings. The van der Waals surface area contributed by atoms with Gasteiger partial charge in [-0.3, -0.25) is 9.59 Å². The molecule has 1 saturated carbocycles. The Morgan fingerprint density at radius 2 is 1.84 bits per heavy atom. The third kappa shape index (κ3) is 6.83. The topological polar surface area (TPSA) is 156 Å². The van der Waals surface area contributed by atoms with Crippen molar-refractivity contribution in [2.45, 2.75) is 73.6 Å². The van der Waals surface area contributed by atoms with Crippen LogP contribution in [-0.2, 0) is 29.6 Å². The van der Waals surface area contributed by atoms with Crippen molar-refractivity contribution in [2.75, 3.05) is 13.1 Å². The molecular formula is C24H32N4O7S2. The fourth-order valence-corrected chi connectivity index (χ4v) is 7.39. The minimum atomic E-state index is -4.09. The van der Waals surface area contributed by atoms with Gasteiger partial charge in [-0.05, 0) is 49.4 Å². The van der Waals surface area contributed by atoms with Gasteiger partial charge in [0, 0.05) is 12.7 Å². The van der Waals surface area contributed by atoms with Crippen LogP contribution < -0.4 is 10.0 Å². The Bertz CT molecular complexity index is 1280. The fraction of sp³-hybridized carbons (Fsp3) is 0.542. The van der Waals surface area contributed by atoms with E-state index in [9.17, 15) is 26.4 Å². The van der Waals surface area contributed by atoms with Gasteiger partial charge in [0.15, 0.2) is 10.8 Å². The van der Waals surface area contributed by atoms with Gasteiger partial charge in [-0.1, -0.05) is 38.2 Å². The summed E-state index contributed by atoms with van der Waals surface area (Å²) >= 11 is 0. The first-order chi connectivity index (χ1) is 17.7. The quantitative estimate of drug-likeness (QED) is 0.477. The lowest BCUT2D eigenvalue weighted by Crippen LogP contribution is -2.52. The summed E-state index contributed by atoms with van der Waals surface area (Å²) < 4.78 is 60.1. The molecule has 202 valence electrons. The van der Waals surface area contributed by atoms with Gasteiger partial charge in [0.2, 0.25) is 11.0 Å². The molecule has 2 N–H and O–H groups in total. The van der Waals surface area contributed by atoms with Crippen LogP contribution in [-0.4, -0.2) is 63.0 Å².